The number of amides is 1. The number of carbonyl (C=O) groups excluding carboxylic acids is 1. The fourth-order valence-corrected chi connectivity index (χ4v) is 3.58. The second-order valence-electron chi connectivity index (χ2n) is 5.72. The Bertz CT molecular complexity index is 914. The molecule has 0 aliphatic carbocycles. The summed E-state index contributed by atoms with van der Waals surface area (Å²) >= 11 is 6.79. The lowest BCUT2D eigenvalue weighted by atomic mass is 10.2. The number of halogens is 2. The van der Waals surface area contributed by atoms with Crippen molar-refractivity contribution in [1.82, 2.24) is 0 Å². The quantitative estimate of drug-likeness (QED) is 0.683. The smallest absolute Gasteiger partial charge is 0.245 e. The van der Waals surface area contributed by atoms with Gasteiger partial charge in [-0.15, -0.1) is 0 Å². The summed E-state index contributed by atoms with van der Waals surface area (Å²) in [4.78, 5) is 12.4. The zero-order valence-corrected chi connectivity index (χ0v) is 18.0. The molecule has 0 radical (unpaired) electrons. The van der Waals surface area contributed by atoms with Crippen LogP contribution in [0.1, 0.15) is 11.1 Å². The Morgan fingerprint density at radius 1 is 1.04 bits per heavy atom. The summed E-state index contributed by atoms with van der Waals surface area (Å²) in [5.74, 6) is -0.410. The first-order chi connectivity index (χ1) is 11.6. The van der Waals surface area contributed by atoms with Gasteiger partial charge in [-0.3, -0.25) is 9.10 Å². The molecule has 0 spiro atoms. The van der Waals surface area contributed by atoms with Crippen molar-refractivity contribution in [3.63, 3.8) is 0 Å². The van der Waals surface area contributed by atoms with E-state index in [9.17, 15) is 13.2 Å². The van der Waals surface area contributed by atoms with Gasteiger partial charge in [-0.25, -0.2) is 8.42 Å². The molecule has 0 aliphatic heterocycles. The van der Waals surface area contributed by atoms with Crippen LogP contribution < -0.4 is 9.62 Å². The lowest BCUT2D eigenvalue weighted by molar-refractivity contribution is -0.114. The average Bonchev–Trinajstić information content (AvgIpc) is 2.50. The summed E-state index contributed by atoms with van der Waals surface area (Å²) in [5, 5.41) is 2.73. The van der Waals surface area contributed by atoms with Gasteiger partial charge in [0.25, 0.3) is 0 Å². The van der Waals surface area contributed by atoms with Crippen molar-refractivity contribution in [2.24, 2.45) is 0 Å². The molecule has 0 unspecified atom stereocenters. The molecule has 8 heteroatoms. The fraction of sp³-hybridized carbons (Fsp3) is 0.235. The Hall–Kier alpha value is -1.38. The molecule has 0 aromatic heterocycles. The third-order valence-electron chi connectivity index (χ3n) is 3.56. The maximum absolute atomic E-state index is 12.4. The third kappa shape index (κ3) is 5.29. The van der Waals surface area contributed by atoms with E-state index in [1.165, 1.54) is 0 Å². The Morgan fingerprint density at radius 2 is 1.60 bits per heavy atom. The van der Waals surface area contributed by atoms with Crippen molar-refractivity contribution >= 4 is 59.2 Å². The second kappa shape index (κ2) is 7.88. The normalized spacial score (nSPS) is 11.2. The minimum atomic E-state index is -3.60. The Kier molecular flexibility index (Phi) is 6.29. The maximum Gasteiger partial charge on any atom is 0.245 e. The van der Waals surface area contributed by atoms with Gasteiger partial charge in [0.05, 0.1) is 11.9 Å². The highest BCUT2D eigenvalue weighted by atomic mass is 79.9. The number of aryl methyl sites for hydroxylation is 2. The molecule has 0 aliphatic rings. The second-order valence-corrected chi connectivity index (χ2v) is 9.33. The van der Waals surface area contributed by atoms with Gasteiger partial charge in [0.15, 0.2) is 0 Å². The van der Waals surface area contributed by atoms with Crippen LogP contribution in [0.3, 0.4) is 0 Å². The number of carbonyl (C=O) groups is 1. The van der Waals surface area contributed by atoms with Crippen molar-refractivity contribution < 1.29 is 13.2 Å². The summed E-state index contributed by atoms with van der Waals surface area (Å²) in [7, 11) is -3.60. The van der Waals surface area contributed by atoms with E-state index in [-0.39, 0.29) is 6.54 Å². The molecule has 1 N–H and O–H groups in total. The molecule has 2 rings (SSSR count). The van der Waals surface area contributed by atoms with Gasteiger partial charge in [0, 0.05) is 14.6 Å². The van der Waals surface area contributed by atoms with Gasteiger partial charge in [-0.05, 0) is 61.4 Å². The summed E-state index contributed by atoms with van der Waals surface area (Å²) in [6.07, 6.45) is 1.08. The van der Waals surface area contributed by atoms with Gasteiger partial charge >= 0.3 is 0 Å². The SMILES string of the molecule is Cc1cc(NC(=O)CN(c2ccc(Br)c(C)c2)S(C)(=O)=O)ccc1Br. The van der Waals surface area contributed by atoms with Crippen LogP contribution in [0.15, 0.2) is 45.3 Å². The number of nitrogens with zero attached hydrogens (tertiary/aromatic N) is 1. The average molecular weight is 490 g/mol. The van der Waals surface area contributed by atoms with Crippen LogP contribution in [0.5, 0.6) is 0 Å². The molecule has 134 valence electrons. The van der Waals surface area contributed by atoms with Crippen molar-refractivity contribution in [2.45, 2.75) is 13.8 Å². The van der Waals surface area contributed by atoms with E-state index in [1.54, 1.807) is 24.3 Å². The molecule has 0 atom stereocenters. The van der Waals surface area contributed by atoms with Crippen molar-refractivity contribution in [2.75, 3.05) is 22.4 Å². The van der Waals surface area contributed by atoms with Gasteiger partial charge in [-0.2, -0.15) is 0 Å². The topological polar surface area (TPSA) is 66.5 Å². The molecule has 0 saturated heterocycles. The van der Waals surface area contributed by atoms with Crippen LogP contribution in [-0.2, 0) is 14.8 Å². The molecule has 0 heterocycles. The number of nitrogens with one attached hydrogen (secondary N) is 1. The van der Waals surface area contributed by atoms with Crippen LogP contribution in [0.2, 0.25) is 0 Å². The standard InChI is InChI=1S/C17H18Br2N2O3S/c1-11-8-13(4-6-15(11)18)20-17(22)10-21(25(3,23)24)14-5-7-16(19)12(2)9-14/h4-9H,10H2,1-3H3,(H,20,22). The van der Waals surface area contributed by atoms with Crippen LogP contribution in [0, 0.1) is 13.8 Å². The summed E-state index contributed by atoms with van der Waals surface area (Å²) in [6, 6.07) is 10.5. The van der Waals surface area contributed by atoms with Gasteiger partial charge in [0.1, 0.15) is 6.54 Å². The number of hydrogen-bond acceptors (Lipinski definition) is 3. The molecule has 25 heavy (non-hydrogen) atoms. The largest absolute Gasteiger partial charge is 0.325 e. The molecule has 0 saturated carbocycles. The molecular formula is C17H18Br2N2O3S. The minimum absolute atomic E-state index is 0.297. The van der Waals surface area contributed by atoms with Gasteiger partial charge < -0.3 is 5.32 Å². The first kappa shape index (κ1) is 19.9. The highest BCUT2D eigenvalue weighted by Crippen LogP contribution is 2.25. The molecule has 0 fully saturated rings. The molecule has 1 amide bonds. The molecule has 2 aromatic rings. The summed E-state index contributed by atoms with van der Waals surface area (Å²) < 4.78 is 27.2. The van der Waals surface area contributed by atoms with Crippen LogP contribution >= 0.6 is 31.9 Å². The number of sulfonamides is 1. The first-order valence-corrected chi connectivity index (χ1v) is 10.8. The monoisotopic (exact) mass is 488 g/mol. The molecule has 2 aromatic carbocycles. The zero-order chi connectivity index (χ0) is 18.8. The number of hydrogen-bond donors (Lipinski definition) is 1. The fourth-order valence-electron chi connectivity index (χ4n) is 2.24. The lowest BCUT2D eigenvalue weighted by Crippen LogP contribution is -2.37. The van der Waals surface area contributed by atoms with E-state index in [0.29, 0.717) is 11.4 Å². The lowest BCUT2D eigenvalue weighted by Gasteiger charge is -2.22. The maximum atomic E-state index is 12.4. The summed E-state index contributed by atoms with van der Waals surface area (Å²) in [6.45, 7) is 3.47. The van der Waals surface area contributed by atoms with Crippen molar-refractivity contribution in [3.8, 4) is 0 Å². The van der Waals surface area contributed by atoms with E-state index in [4.69, 9.17) is 0 Å². The number of benzene rings is 2. The van der Waals surface area contributed by atoms with E-state index in [1.807, 2.05) is 26.0 Å². The number of rotatable bonds is 5. The van der Waals surface area contributed by atoms with E-state index in [0.717, 1.165) is 30.6 Å². The first-order valence-electron chi connectivity index (χ1n) is 7.38. The third-order valence-corrected chi connectivity index (χ3v) is 6.48. The predicted molar refractivity (Wildman–Crippen MR) is 109 cm³/mol. The van der Waals surface area contributed by atoms with Gasteiger partial charge in [0.2, 0.25) is 15.9 Å². The molecular weight excluding hydrogens is 472 g/mol. The van der Waals surface area contributed by atoms with Crippen LogP contribution in [0.4, 0.5) is 11.4 Å². The predicted octanol–water partition coefficient (Wildman–Crippen LogP) is 4.23. The Labute approximate surface area is 164 Å². The van der Waals surface area contributed by atoms with Crippen molar-refractivity contribution in [3.05, 3.63) is 56.5 Å². The number of anilines is 2. The minimum Gasteiger partial charge on any atom is -0.325 e. The van der Waals surface area contributed by atoms with E-state index < -0.39 is 15.9 Å². The zero-order valence-electron chi connectivity index (χ0n) is 14.0. The highest BCUT2D eigenvalue weighted by molar-refractivity contribution is 9.10. The van der Waals surface area contributed by atoms with E-state index in [2.05, 4.69) is 37.2 Å². The molecule has 5 nitrogen and oxygen atoms in total. The van der Waals surface area contributed by atoms with Crippen molar-refractivity contribution in [1.29, 1.82) is 0 Å². The van der Waals surface area contributed by atoms with E-state index >= 15 is 0 Å². The Balaban J connectivity index is 2.23. The highest BCUT2D eigenvalue weighted by Gasteiger charge is 2.21. The van der Waals surface area contributed by atoms with Crippen LogP contribution in [0.25, 0.3) is 0 Å². The van der Waals surface area contributed by atoms with Gasteiger partial charge in [-0.1, -0.05) is 31.9 Å². The van der Waals surface area contributed by atoms with Crippen LogP contribution in [-0.4, -0.2) is 27.1 Å². The Morgan fingerprint density at radius 3 is 2.12 bits per heavy atom. The molecule has 0 bridgehead atoms. The summed E-state index contributed by atoms with van der Waals surface area (Å²) in [5.41, 5.74) is 2.92.